The van der Waals surface area contributed by atoms with Crippen molar-refractivity contribution < 1.29 is 23.8 Å². The third-order valence-electron chi connectivity index (χ3n) is 5.63. The number of nitrogens with one attached hydrogen (secondary N) is 2. The molecule has 0 saturated heterocycles. The van der Waals surface area contributed by atoms with Gasteiger partial charge in [-0.1, -0.05) is 48.5 Å². The fourth-order valence-corrected chi connectivity index (χ4v) is 3.90. The van der Waals surface area contributed by atoms with Crippen LogP contribution in [0.15, 0.2) is 72.9 Å². The van der Waals surface area contributed by atoms with E-state index in [0.29, 0.717) is 30.1 Å². The highest BCUT2D eigenvalue weighted by Gasteiger charge is 2.21. The molecule has 4 aromatic rings. The van der Waals surface area contributed by atoms with Gasteiger partial charge in [-0.25, -0.2) is 4.39 Å². The number of carbonyl (C=O) groups is 1. The molecule has 0 fully saturated rings. The molecule has 0 aliphatic rings. The number of carboxylic acid groups (broad SMARTS) is 1. The van der Waals surface area contributed by atoms with E-state index < -0.39 is 12.0 Å². The number of fused-ring (bicyclic) bond motifs is 1. The Morgan fingerprint density at radius 2 is 1.76 bits per heavy atom. The van der Waals surface area contributed by atoms with Gasteiger partial charge in [0.2, 0.25) is 0 Å². The zero-order valence-corrected chi connectivity index (χ0v) is 18.9. The van der Waals surface area contributed by atoms with E-state index in [1.165, 1.54) is 6.07 Å². The Labute approximate surface area is 197 Å². The van der Waals surface area contributed by atoms with Crippen molar-refractivity contribution in [3.8, 4) is 11.5 Å². The van der Waals surface area contributed by atoms with Gasteiger partial charge in [-0.2, -0.15) is 0 Å². The monoisotopic (exact) mass is 462 g/mol. The largest absolute Gasteiger partial charge is 0.490 e. The van der Waals surface area contributed by atoms with Crippen molar-refractivity contribution in [2.45, 2.75) is 32.5 Å². The Balaban J connectivity index is 1.52. The van der Waals surface area contributed by atoms with Crippen molar-refractivity contribution in [1.82, 2.24) is 10.3 Å². The Morgan fingerprint density at radius 3 is 2.56 bits per heavy atom. The number of aromatic amines is 1. The maximum Gasteiger partial charge on any atom is 0.321 e. The first-order valence-electron chi connectivity index (χ1n) is 11.2. The molecule has 3 N–H and O–H groups in total. The number of benzene rings is 3. The normalized spacial score (nSPS) is 11.9. The van der Waals surface area contributed by atoms with Crippen molar-refractivity contribution in [3.05, 3.63) is 95.4 Å². The first kappa shape index (κ1) is 23.3. The van der Waals surface area contributed by atoms with Crippen molar-refractivity contribution in [2.24, 2.45) is 0 Å². The average molecular weight is 463 g/mol. The molecule has 1 aromatic heterocycles. The van der Waals surface area contributed by atoms with Crippen LogP contribution >= 0.6 is 0 Å². The van der Waals surface area contributed by atoms with E-state index in [4.69, 9.17) is 9.47 Å². The summed E-state index contributed by atoms with van der Waals surface area (Å²) in [7, 11) is 0. The van der Waals surface area contributed by atoms with E-state index in [2.05, 4.69) is 10.3 Å². The van der Waals surface area contributed by atoms with E-state index in [1.54, 1.807) is 24.3 Å². The van der Waals surface area contributed by atoms with Gasteiger partial charge < -0.3 is 19.6 Å². The molecular weight excluding hydrogens is 435 g/mol. The molecule has 0 amide bonds. The van der Waals surface area contributed by atoms with Crippen LogP contribution in [0.2, 0.25) is 0 Å². The third-order valence-corrected chi connectivity index (χ3v) is 5.63. The lowest BCUT2D eigenvalue weighted by Gasteiger charge is -2.19. The first-order valence-corrected chi connectivity index (χ1v) is 11.2. The molecule has 6 nitrogen and oxygen atoms in total. The van der Waals surface area contributed by atoms with Gasteiger partial charge in [0.15, 0.2) is 11.5 Å². The molecule has 34 heavy (non-hydrogen) atoms. The maximum atomic E-state index is 14.1. The third kappa shape index (κ3) is 5.38. The van der Waals surface area contributed by atoms with Gasteiger partial charge >= 0.3 is 5.97 Å². The molecule has 0 saturated carbocycles. The average Bonchev–Trinajstić information content (AvgIpc) is 3.25. The molecule has 1 unspecified atom stereocenters. The number of halogens is 1. The van der Waals surface area contributed by atoms with E-state index in [1.807, 2.05) is 49.5 Å². The highest BCUT2D eigenvalue weighted by molar-refractivity contribution is 5.84. The predicted molar refractivity (Wildman–Crippen MR) is 129 cm³/mol. The van der Waals surface area contributed by atoms with Crippen LogP contribution in [0.3, 0.4) is 0 Å². The van der Waals surface area contributed by atoms with E-state index >= 15 is 0 Å². The van der Waals surface area contributed by atoms with Crippen molar-refractivity contribution in [2.75, 3.05) is 6.61 Å². The quantitative estimate of drug-likeness (QED) is 0.290. The molecule has 176 valence electrons. The number of rotatable bonds is 11. The minimum atomic E-state index is -0.944. The molecule has 3 aromatic carbocycles. The van der Waals surface area contributed by atoms with Crippen LogP contribution in [-0.4, -0.2) is 28.7 Å². The minimum Gasteiger partial charge on any atom is -0.490 e. The first-order chi connectivity index (χ1) is 16.6. The zero-order chi connectivity index (χ0) is 23.9. The lowest BCUT2D eigenvalue weighted by Crippen LogP contribution is -2.38. The molecule has 0 spiro atoms. The van der Waals surface area contributed by atoms with Gasteiger partial charge in [0.25, 0.3) is 0 Å². The van der Waals surface area contributed by atoms with Gasteiger partial charge in [0, 0.05) is 41.2 Å². The van der Waals surface area contributed by atoms with E-state index in [0.717, 1.165) is 22.0 Å². The maximum absolute atomic E-state index is 14.1. The van der Waals surface area contributed by atoms with Crippen LogP contribution in [0.1, 0.15) is 23.6 Å². The standard InChI is InChI=1S/C27H27FN2O4/c1-2-33-25-13-7-9-18(26(25)34-17-19-8-3-5-11-22(19)28)15-30-24(27(31)32)14-20-16-29-23-12-6-4-10-21(20)23/h3-13,16,24,29-30H,2,14-15,17H2,1H3,(H,31,32). The fourth-order valence-electron chi connectivity index (χ4n) is 3.90. The van der Waals surface area contributed by atoms with Crippen LogP contribution in [0.25, 0.3) is 10.9 Å². The predicted octanol–water partition coefficient (Wildman–Crippen LogP) is 5.07. The van der Waals surface area contributed by atoms with E-state index in [-0.39, 0.29) is 19.0 Å². The van der Waals surface area contributed by atoms with Crippen LogP contribution < -0.4 is 14.8 Å². The Bertz CT molecular complexity index is 1270. The summed E-state index contributed by atoms with van der Waals surface area (Å²) in [5, 5.41) is 14.0. The Hall–Kier alpha value is -3.84. The molecule has 0 aliphatic carbocycles. The molecule has 1 atom stereocenters. The Morgan fingerprint density at radius 1 is 1.00 bits per heavy atom. The molecule has 4 rings (SSSR count). The van der Waals surface area contributed by atoms with Crippen LogP contribution in [-0.2, 0) is 24.4 Å². The Kier molecular flexibility index (Phi) is 7.44. The molecule has 0 aliphatic heterocycles. The van der Waals surface area contributed by atoms with Crippen molar-refractivity contribution in [1.29, 1.82) is 0 Å². The summed E-state index contributed by atoms with van der Waals surface area (Å²) in [5.74, 6) is -0.293. The molecular formula is C27H27FN2O4. The van der Waals surface area contributed by atoms with Crippen LogP contribution in [0, 0.1) is 5.82 Å². The highest BCUT2D eigenvalue weighted by Crippen LogP contribution is 2.32. The number of aliphatic carboxylic acids is 1. The lowest BCUT2D eigenvalue weighted by atomic mass is 10.0. The lowest BCUT2D eigenvalue weighted by molar-refractivity contribution is -0.139. The van der Waals surface area contributed by atoms with Gasteiger partial charge in [0.1, 0.15) is 18.5 Å². The second kappa shape index (κ2) is 10.9. The van der Waals surface area contributed by atoms with Gasteiger partial charge in [0.05, 0.1) is 6.61 Å². The number of ether oxygens (including phenoxy) is 2. The number of H-pyrrole nitrogens is 1. The fraction of sp³-hybridized carbons (Fsp3) is 0.222. The van der Waals surface area contributed by atoms with Gasteiger partial charge in [-0.05, 0) is 30.7 Å². The summed E-state index contributed by atoms with van der Waals surface area (Å²) >= 11 is 0. The van der Waals surface area contributed by atoms with Crippen LogP contribution in [0.5, 0.6) is 11.5 Å². The SMILES string of the molecule is CCOc1cccc(CNC(Cc2c[nH]c3ccccc23)C(=O)O)c1OCc1ccccc1F. The summed E-state index contributed by atoms with van der Waals surface area (Å²) < 4.78 is 25.8. The van der Waals surface area contributed by atoms with Crippen molar-refractivity contribution >= 4 is 16.9 Å². The summed E-state index contributed by atoms with van der Waals surface area (Å²) in [6.07, 6.45) is 2.16. The smallest absolute Gasteiger partial charge is 0.321 e. The zero-order valence-electron chi connectivity index (χ0n) is 18.9. The van der Waals surface area contributed by atoms with Crippen LogP contribution in [0.4, 0.5) is 4.39 Å². The summed E-state index contributed by atoms with van der Waals surface area (Å²) in [4.78, 5) is 15.2. The number of aromatic nitrogens is 1. The topological polar surface area (TPSA) is 83.6 Å². The summed E-state index contributed by atoms with van der Waals surface area (Å²) in [5.41, 5.74) is 3.05. The number of hydrogen-bond donors (Lipinski definition) is 3. The highest BCUT2D eigenvalue weighted by atomic mass is 19.1. The molecule has 0 radical (unpaired) electrons. The number of hydrogen-bond acceptors (Lipinski definition) is 4. The van der Waals surface area contributed by atoms with Gasteiger partial charge in [-0.15, -0.1) is 0 Å². The van der Waals surface area contributed by atoms with Crippen molar-refractivity contribution in [3.63, 3.8) is 0 Å². The minimum absolute atomic E-state index is 0.0292. The number of para-hydroxylation sites is 2. The van der Waals surface area contributed by atoms with E-state index in [9.17, 15) is 14.3 Å². The summed E-state index contributed by atoms with van der Waals surface area (Å²) in [6, 6.07) is 18.9. The molecule has 1 heterocycles. The number of carboxylic acids is 1. The molecule has 0 bridgehead atoms. The second-order valence-electron chi connectivity index (χ2n) is 7.89. The van der Waals surface area contributed by atoms with Gasteiger partial charge in [-0.3, -0.25) is 10.1 Å². The molecule has 7 heteroatoms. The second-order valence-corrected chi connectivity index (χ2v) is 7.89. The summed E-state index contributed by atoms with van der Waals surface area (Å²) in [6.45, 7) is 2.58.